The van der Waals surface area contributed by atoms with Crippen LogP contribution >= 0.6 is 11.3 Å². The fourth-order valence-electron chi connectivity index (χ4n) is 3.67. The van der Waals surface area contributed by atoms with Gasteiger partial charge >= 0.3 is 4.87 Å². The zero-order valence-corrected chi connectivity index (χ0v) is 17.7. The zero-order valence-electron chi connectivity index (χ0n) is 16.0. The first kappa shape index (κ1) is 20.1. The number of fused-ring (bicyclic) bond motifs is 1. The third-order valence-electron chi connectivity index (χ3n) is 5.16. The van der Waals surface area contributed by atoms with Gasteiger partial charge in [0, 0.05) is 32.7 Å². The molecule has 154 valence electrons. The van der Waals surface area contributed by atoms with Crippen molar-refractivity contribution in [3.8, 4) is 0 Å². The van der Waals surface area contributed by atoms with Gasteiger partial charge in [-0.3, -0.25) is 9.36 Å². The molecule has 29 heavy (non-hydrogen) atoms. The number of thiazole rings is 1. The summed E-state index contributed by atoms with van der Waals surface area (Å²) in [7, 11) is -3.68. The Labute approximate surface area is 172 Å². The van der Waals surface area contributed by atoms with Crippen molar-refractivity contribution in [1.29, 1.82) is 0 Å². The van der Waals surface area contributed by atoms with Crippen molar-refractivity contribution >= 4 is 37.3 Å². The van der Waals surface area contributed by atoms with Crippen molar-refractivity contribution < 1.29 is 12.8 Å². The van der Waals surface area contributed by atoms with Crippen LogP contribution < -0.4 is 9.77 Å². The molecule has 0 unspecified atom stereocenters. The predicted molar refractivity (Wildman–Crippen MR) is 114 cm³/mol. The van der Waals surface area contributed by atoms with E-state index in [0.29, 0.717) is 30.0 Å². The molecule has 1 aliphatic rings. The number of piperazine rings is 1. The molecule has 2 heterocycles. The predicted octanol–water partition coefficient (Wildman–Crippen LogP) is 3.12. The minimum absolute atomic E-state index is 0.0742. The molecule has 1 aliphatic heterocycles. The normalized spacial score (nSPS) is 15.9. The molecular formula is C20H22FN3O3S2. The maximum Gasteiger partial charge on any atom is 0.308 e. The highest BCUT2D eigenvalue weighted by molar-refractivity contribution is 7.89. The van der Waals surface area contributed by atoms with Crippen LogP contribution in [0.2, 0.25) is 0 Å². The lowest BCUT2D eigenvalue weighted by Crippen LogP contribution is -2.48. The molecule has 0 N–H and O–H groups in total. The Morgan fingerprint density at radius 3 is 2.48 bits per heavy atom. The molecule has 0 saturated carbocycles. The Balaban J connectivity index is 1.56. The lowest BCUT2D eigenvalue weighted by atomic mass is 10.2. The van der Waals surface area contributed by atoms with Crippen LogP contribution in [0.15, 0.2) is 52.2 Å². The summed E-state index contributed by atoms with van der Waals surface area (Å²) in [4.78, 5) is 14.2. The molecule has 0 aliphatic carbocycles. The number of halogens is 1. The van der Waals surface area contributed by atoms with Gasteiger partial charge in [-0.05, 0) is 36.8 Å². The van der Waals surface area contributed by atoms with Crippen molar-refractivity contribution in [1.82, 2.24) is 8.87 Å². The molecule has 0 amide bonds. The van der Waals surface area contributed by atoms with Gasteiger partial charge in [0.25, 0.3) is 0 Å². The molecule has 3 aromatic rings. The van der Waals surface area contributed by atoms with Crippen molar-refractivity contribution in [2.24, 2.45) is 0 Å². The van der Waals surface area contributed by atoms with Crippen LogP contribution in [0.4, 0.5) is 10.1 Å². The first-order valence-electron chi connectivity index (χ1n) is 9.55. The second-order valence-corrected chi connectivity index (χ2v) is 9.92. The second-order valence-electron chi connectivity index (χ2n) is 6.99. The monoisotopic (exact) mass is 435 g/mol. The zero-order chi connectivity index (χ0) is 20.6. The molecule has 1 saturated heterocycles. The number of hydrogen-bond donors (Lipinski definition) is 0. The highest BCUT2D eigenvalue weighted by Crippen LogP contribution is 2.26. The molecule has 4 rings (SSSR count). The topological polar surface area (TPSA) is 62.6 Å². The summed E-state index contributed by atoms with van der Waals surface area (Å²) < 4.78 is 44.0. The Bertz CT molecular complexity index is 1200. The summed E-state index contributed by atoms with van der Waals surface area (Å²) in [6.45, 7) is 4.01. The van der Waals surface area contributed by atoms with Gasteiger partial charge in [-0.2, -0.15) is 4.31 Å². The Morgan fingerprint density at radius 2 is 1.79 bits per heavy atom. The summed E-state index contributed by atoms with van der Waals surface area (Å²) in [5.74, 6) is -0.305. The number of aromatic nitrogens is 1. The number of anilines is 1. The van der Waals surface area contributed by atoms with Gasteiger partial charge in [-0.15, -0.1) is 0 Å². The number of rotatable bonds is 5. The van der Waals surface area contributed by atoms with Gasteiger partial charge in [0.2, 0.25) is 10.0 Å². The lowest BCUT2D eigenvalue weighted by molar-refractivity contribution is 0.383. The van der Waals surface area contributed by atoms with Crippen LogP contribution in [-0.2, 0) is 16.6 Å². The van der Waals surface area contributed by atoms with Crippen LogP contribution in [0, 0.1) is 5.82 Å². The molecule has 0 bridgehead atoms. The van der Waals surface area contributed by atoms with Gasteiger partial charge in [0.15, 0.2) is 0 Å². The maximum absolute atomic E-state index is 14.0. The third kappa shape index (κ3) is 3.70. The summed E-state index contributed by atoms with van der Waals surface area (Å²) in [6.07, 6.45) is 0.831. The first-order chi connectivity index (χ1) is 13.9. The van der Waals surface area contributed by atoms with E-state index in [1.54, 1.807) is 41.0 Å². The lowest BCUT2D eigenvalue weighted by Gasteiger charge is -2.35. The van der Waals surface area contributed by atoms with E-state index in [4.69, 9.17) is 0 Å². The van der Waals surface area contributed by atoms with Crippen molar-refractivity contribution in [3.63, 3.8) is 0 Å². The SMILES string of the molecule is CCCn1c(=O)sc2cc(S(=O)(=O)N3CCN(c4ccccc4F)CC3)ccc21. The van der Waals surface area contributed by atoms with Gasteiger partial charge in [0.05, 0.1) is 20.8 Å². The fourth-order valence-corrected chi connectivity index (χ4v) is 6.15. The largest absolute Gasteiger partial charge is 0.367 e. The first-order valence-corrected chi connectivity index (χ1v) is 11.8. The standard InChI is InChI=1S/C20H22FN3O3S2/c1-2-9-24-18-8-7-15(14-19(18)28-20(24)25)29(26,27)23-12-10-22(11-13-23)17-6-4-3-5-16(17)21/h3-8,14H,2,9-13H2,1H3. The molecular weight excluding hydrogens is 413 g/mol. The average Bonchev–Trinajstić information content (AvgIpc) is 3.03. The van der Waals surface area contributed by atoms with E-state index in [2.05, 4.69) is 0 Å². The van der Waals surface area contributed by atoms with Gasteiger partial charge in [-0.1, -0.05) is 30.4 Å². The van der Waals surface area contributed by atoms with Crippen LogP contribution in [0.3, 0.4) is 0 Å². The Hall–Kier alpha value is -2.23. The molecule has 1 aromatic heterocycles. The molecule has 0 radical (unpaired) electrons. The third-order valence-corrected chi connectivity index (χ3v) is 7.99. The highest BCUT2D eigenvalue weighted by Gasteiger charge is 2.29. The number of benzene rings is 2. The number of hydrogen-bond acceptors (Lipinski definition) is 5. The van der Waals surface area contributed by atoms with Crippen LogP contribution in [0.25, 0.3) is 10.2 Å². The second kappa shape index (κ2) is 7.89. The number of para-hydroxylation sites is 1. The summed E-state index contributed by atoms with van der Waals surface area (Å²) in [6, 6.07) is 11.4. The Kier molecular flexibility index (Phi) is 5.46. The van der Waals surface area contributed by atoms with Crippen molar-refractivity contribution in [3.05, 3.63) is 57.9 Å². The summed E-state index contributed by atoms with van der Waals surface area (Å²) >= 11 is 1.07. The van der Waals surface area contributed by atoms with E-state index in [1.807, 2.05) is 11.8 Å². The van der Waals surface area contributed by atoms with E-state index < -0.39 is 10.0 Å². The van der Waals surface area contributed by atoms with E-state index in [9.17, 15) is 17.6 Å². The van der Waals surface area contributed by atoms with Gasteiger partial charge in [-0.25, -0.2) is 12.8 Å². The van der Waals surface area contributed by atoms with Crippen molar-refractivity contribution in [2.75, 3.05) is 31.1 Å². The van der Waals surface area contributed by atoms with E-state index in [0.717, 1.165) is 23.3 Å². The fraction of sp³-hybridized carbons (Fsp3) is 0.350. The summed E-state index contributed by atoms with van der Waals surface area (Å²) in [5.41, 5.74) is 1.26. The molecule has 9 heteroatoms. The quantitative estimate of drug-likeness (QED) is 0.618. The van der Waals surface area contributed by atoms with E-state index in [1.165, 1.54) is 10.4 Å². The number of sulfonamides is 1. The highest BCUT2D eigenvalue weighted by atomic mass is 32.2. The minimum atomic E-state index is -3.68. The minimum Gasteiger partial charge on any atom is -0.367 e. The molecule has 0 atom stereocenters. The maximum atomic E-state index is 14.0. The van der Waals surface area contributed by atoms with Gasteiger partial charge < -0.3 is 4.90 Å². The van der Waals surface area contributed by atoms with Crippen LogP contribution in [0.1, 0.15) is 13.3 Å². The average molecular weight is 436 g/mol. The number of nitrogens with zero attached hydrogens (tertiary/aromatic N) is 3. The van der Waals surface area contributed by atoms with Gasteiger partial charge in [0.1, 0.15) is 5.82 Å². The van der Waals surface area contributed by atoms with Crippen molar-refractivity contribution in [2.45, 2.75) is 24.8 Å². The van der Waals surface area contributed by atoms with E-state index in [-0.39, 0.29) is 28.7 Å². The molecule has 2 aromatic carbocycles. The molecule has 1 fully saturated rings. The molecule has 0 spiro atoms. The summed E-state index contributed by atoms with van der Waals surface area (Å²) in [5, 5.41) is 0. The van der Waals surface area contributed by atoms with Crippen LogP contribution in [0.5, 0.6) is 0 Å². The smallest absolute Gasteiger partial charge is 0.308 e. The number of aryl methyl sites for hydroxylation is 1. The van der Waals surface area contributed by atoms with Crippen LogP contribution in [-0.4, -0.2) is 43.5 Å². The molecule has 6 nitrogen and oxygen atoms in total. The Morgan fingerprint density at radius 1 is 1.07 bits per heavy atom. The van der Waals surface area contributed by atoms with E-state index >= 15 is 0 Å².